The molecular formula is C14H12N4O6S. The summed E-state index contributed by atoms with van der Waals surface area (Å²) < 4.78 is 4.58. The minimum Gasteiger partial charge on any atom is -0.460 e. The first-order valence-corrected chi connectivity index (χ1v) is 7.78. The lowest BCUT2D eigenvalue weighted by atomic mass is 10.3. The van der Waals surface area contributed by atoms with Crippen molar-refractivity contribution in [2.45, 2.75) is 6.92 Å². The molecule has 0 saturated carbocycles. The number of rotatable bonds is 6. The van der Waals surface area contributed by atoms with E-state index in [1.54, 1.807) is 6.92 Å². The number of carbonyl (C=O) groups excluding carboxylic acids is 3. The number of aromatic nitrogens is 1. The third kappa shape index (κ3) is 4.81. The van der Waals surface area contributed by atoms with Crippen LogP contribution >= 0.6 is 11.3 Å². The molecule has 0 fully saturated rings. The molecule has 1 aromatic heterocycles. The number of non-ortho nitro benzene ring substituents is 1. The first-order chi connectivity index (χ1) is 11.9. The van der Waals surface area contributed by atoms with Crippen molar-refractivity contribution >= 4 is 45.6 Å². The zero-order valence-electron chi connectivity index (χ0n) is 12.8. The largest absolute Gasteiger partial charge is 0.460 e. The molecule has 2 rings (SSSR count). The highest BCUT2D eigenvalue weighted by atomic mass is 32.1. The lowest BCUT2D eigenvalue weighted by Crippen LogP contribution is -2.20. The highest BCUT2D eigenvalue weighted by Gasteiger charge is 2.21. The fourth-order valence-corrected chi connectivity index (χ4v) is 2.35. The Morgan fingerprint density at radius 1 is 1.24 bits per heavy atom. The van der Waals surface area contributed by atoms with Gasteiger partial charge < -0.3 is 10.1 Å². The maximum atomic E-state index is 11.9. The van der Waals surface area contributed by atoms with Crippen molar-refractivity contribution in [2.75, 3.05) is 17.2 Å². The monoisotopic (exact) mass is 364 g/mol. The maximum absolute atomic E-state index is 11.9. The zero-order chi connectivity index (χ0) is 18.4. The number of nitrogens with zero attached hydrogens (tertiary/aromatic N) is 2. The number of hydrogen-bond donors (Lipinski definition) is 2. The summed E-state index contributed by atoms with van der Waals surface area (Å²) in [6.45, 7) is 1.64. The number of thiazole rings is 1. The molecule has 0 radical (unpaired) electrons. The van der Waals surface area contributed by atoms with Gasteiger partial charge in [-0.2, -0.15) is 0 Å². The minimum atomic E-state index is -1.02. The van der Waals surface area contributed by atoms with Gasteiger partial charge in [-0.1, -0.05) is 0 Å². The van der Waals surface area contributed by atoms with Gasteiger partial charge in [-0.25, -0.2) is 14.6 Å². The van der Waals surface area contributed by atoms with Crippen LogP contribution in [0.3, 0.4) is 0 Å². The average molecular weight is 364 g/mol. The standard InChI is InChI=1S/C14H12N4O6S/c1-2-24-12(20)11(19)10-7-25-14(16-10)17-13(21)15-8-3-5-9(6-4-8)18(22)23/h3-7H,2H2,1H3,(H2,15,16,17,21). The number of esters is 1. The molecule has 10 nitrogen and oxygen atoms in total. The molecule has 130 valence electrons. The van der Waals surface area contributed by atoms with Gasteiger partial charge in [-0.15, -0.1) is 11.3 Å². The van der Waals surface area contributed by atoms with E-state index in [9.17, 15) is 24.5 Å². The van der Waals surface area contributed by atoms with Gasteiger partial charge >= 0.3 is 12.0 Å². The number of nitro groups is 1. The van der Waals surface area contributed by atoms with Crippen molar-refractivity contribution < 1.29 is 24.0 Å². The van der Waals surface area contributed by atoms with Crippen molar-refractivity contribution in [3.63, 3.8) is 0 Å². The number of carbonyl (C=O) groups is 3. The molecule has 0 bridgehead atoms. The van der Waals surface area contributed by atoms with Crippen LogP contribution in [0.5, 0.6) is 0 Å². The summed E-state index contributed by atoms with van der Waals surface area (Å²) in [7, 11) is 0. The van der Waals surface area contributed by atoms with E-state index in [1.807, 2.05) is 0 Å². The molecular weight excluding hydrogens is 352 g/mol. The van der Waals surface area contributed by atoms with E-state index < -0.39 is 22.7 Å². The SMILES string of the molecule is CCOC(=O)C(=O)c1csc(NC(=O)Nc2ccc([N+](=O)[O-])cc2)n1. The van der Waals surface area contributed by atoms with Crippen LogP contribution in [0.15, 0.2) is 29.6 Å². The van der Waals surface area contributed by atoms with Gasteiger partial charge in [-0.05, 0) is 19.1 Å². The summed E-state index contributed by atoms with van der Waals surface area (Å²) in [5, 5.41) is 16.8. The zero-order valence-corrected chi connectivity index (χ0v) is 13.7. The summed E-state index contributed by atoms with van der Waals surface area (Å²) in [4.78, 5) is 48.7. The van der Waals surface area contributed by atoms with E-state index >= 15 is 0 Å². The Morgan fingerprint density at radius 2 is 1.92 bits per heavy atom. The van der Waals surface area contributed by atoms with Crippen molar-refractivity contribution in [3.8, 4) is 0 Å². The second-order valence-electron chi connectivity index (χ2n) is 4.47. The van der Waals surface area contributed by atoms with Crippen LogP contribution in [0.25, 0.3) is 0 Å². The number of nitrogens with one attached hydrogen (secondary N) is 2. The van der Waals surface area contributed by atoms with Gasteiger partial charge in [0.15, 0.2) is 5.13 Å². The predicted molar refractivity (Wildman–Crippen MR) is 88.8 cm³/mol. The van der Waals surface area contributed by atoms with Crippen LogP contribution in [0.4, 0.5) is 21.3 Å². The molecule has 0 spiro atoms. The molecule has 1 heterocycles. The van der Waals surface area contributed by atoms with E-state index in [0.29, 0.717) is 5.69 Å². The number of Topliss-reactive ketones (excluding diaryl/α,β-unsaturated/α-hetero) is 1. The molecule has 0 aliphatic heterocycles. The molecule has 0 aliphatic carbocycles. The topological polar surface area (TPSA) is 141 Å². The number of ether oxygens (including phenoxy) is 1. The van der Waals surface area contributed by atoms with Crippen LogP contribution < -0.4 is 10.6 Å². The highest BCUT2D eigenvalue weighted by Crippen LogP contribution is 2.18. The number of benzene rings is 1. The molecule has 2 amide bonds. The van der Waals surface area contributed by atoms with Gasteiger partial charge in [0, 0.05) is 23.2 Å². The predicted octanol–water partition coefficient (Wildman–Crippen LogP) is 2.44. The molecule has 2 aromatic rings. The summed E-state index contributed by atoms with van der Waals surface area (Å²) in [5.41, 5.74) is 0.101. The molecule has 25 heavy (non-hydrogen) atoms. The van der Waals surface area contributed by atoms with Crippen LogP contribution in [0.2, 0.25) is 0 Å². The Morgan fingerprint density at radius 3 is 2.52 bits per heavy atom. The number of hydrogen-bond acceptors (Lipinski definition) is 8. The van der Waals surface area contributed by atoms with E-state index in [4.69, 9.17) is 0 Å². The van der Waals surface area contributed by atoms with Crippen molar-refractivity contribution in [1.29, 1.82) is 0 Å². The lowest BCUT2D eigenvalue weighted by Gasteiger charge is -2.04. The van der Waals surface area contributed by atoms with Gasteiger partial charge in [0.2, 0.25) is 0 Å². The molecule has 0 unspecified atom stereocenters. The molecule has 0 atom stereocenters. The van der Waals surface area contributed by atoms with Crippen LogP contribution in [0.1, 0.15) is 17.4 Å². The van der Waals surface area contributed by atoms with Crippen LogP contribution in [-0.2, 0) is 9.53 Å². The molecule has 0 saturated heterocycles. The van der Waals surface area contributed by atoms with Gasteiger partial charge in [0.05, 0.1) is 11.5 Å². The van der Waals surface area contributed by atoms with Crippen molar-refractivity contribution in [3.05, 3.63) is 45.5 Å². The smallest absolute Gasteiger partial charge is 0.381 e. The first kappa shape index (κ1) is 18.0. The third-order valence-corrected chi connectivity index (χ3v) is 3.51. The van der Waals surface area contributed by atoms with Gasteiger partial charge in [0.25, 0.3) is 11.5 Å². The second-order valence-corrected chi connectivity index (χ2v) is 5.33. The Hall–Kier alpha value is -3.34. The first-order valence-electron chi connectivity index (χ1n) is 6.90. The molecule has 1 aromatic carbocycles. The Labute approximate surface area is 145 Å². The van der Waals surface area contributed by atoms with Gasteiger partial charge in [0.1, 0.15) is 5.69 Å². The quantitative estimate of drug-likeness (QED) is 0.264. The fourth-order valence-electron chi connectivity index (χ4n) is 1.66. The Kier molecular flexibility index (Phi) is 5.74. The van der Waals surface area contributed by atoms with E-state index in [0.717, 1.165) is 11.3 Å². The summed E-state index contributed by atoms with van der Waals surface area (Å²) in [6, 6.07) is 4.58. The summed E-state index contributed by atoms with van der Waals surface area (Å²) in [6.07, 6.45) is 0. The van der Waals surface area contributed by atoms with E-state index in [-0.39, 0.29) is 23.1 Å². The van der Waals surface area contributed by atoms with E-state index in [2.05, 4.69) is 20.4 Å². The Balaban J connectivity index is 1.96. The summed E-state index contributed by atoms with van der Waals surface area (Å²) in [5.74, 6) is -1.92. The van der Waals surface area contributed by atoms with Crippen molar-refractivity contribution in [2.24, 2.45) is 0 Å². The number of amides is 2. The van der Waals surface area contributed by atoms with Gasteiger partial charge in [-0.3, -0.25) is 20.2 Å². The normalized spacial score (nSPS) is 9.96. The van der Waals surface area contributed by atoms with Crippen molar-refractivity contribution in [1.82, 2.24) is 4.98 Å². The van der Waals surface area contributed by atoms with Crippen LogP contribution in [0, 0.1) is 10.1 Å². The molecule has 11 heteroatoms. The lowest BCUT2D eigenvalue weighted by molar-refractivity contribution is -0.384. The fraction of sp³-hybridized carbons (Fsp3) is 0.143. The Bertz CT molecular complexity index is 817. The number of ketones is 1. The second kappa shape index (κ2) is 7.97. The molecule has 2 N–H and O–H groups in total. The van der Waals surface area contributed by atoms with Crippen LogP contribution in [-0.4, -0.2) is 34.3 Å². The third-order valence-electron chi connectivity index (χ3n) is 2.75. The highest BCUT2D eigenvalue weighted by molar-refractivity contribution is 7.14. The summed E-state index contributed by atoms with van der Waals surface area (Å²) >= 11 is 0.958. The number of urea groups is 1. The number of anilines is 2. The minimum absolute atomic E-state index is 0.0669. The number of nitro benzene ring substituents is 1. The van der Waals surface area contributed by atoms with E-state index in [1.165, 1.54) is 29.6 Å². The average Bonchev–Trinajstić information content (AvgIpc) is 3.03. The molecule has 0 aliphatic rings. The maximum Gasteiger partial charge on any atom is 0.381 e.